The van der Waals surface area contributed by atoms with Crippen molar-refractivity contribution in [3.8, 4) is 0 Å². The molecule has 3 aromatic rings. The zero-order valence-electron chi connectivity index (χ0n) is 17.4. The molecule has 4 rings (SSSR count). The third kappa shape index (κ3) is 4.25. The van der Waals surface area contributed by atoms with E-state index in [0.717, 1.165) is 4.90 Å². The maximum absolute atomic E-state index is 12.9. The normalized spacial score (nSPS) is 15.7. The van der Waals surface area contributed by atoms with Crippen molar-refractivity contribution < 1.29 is 22.4 Å². The van der Waals surface area contributed by atoms with Gasteiger partial charge < -0.3 is 15.5 Å². The number of hydrogen-bond acceptors (Lipinski definition) is 6. The summed E-state index contributed by atoms with van der Waals surface area (Å²) in [5.74, 6) is -1.56. The summed E-state index contributed by atoms with van der Waals surface area (Å²) in [5, 5.41) is 3.37. The predicted molar refractivity (Wildman–Crippen MR) is 123 cm³/mol. The summed E-state index contributed by atoms with van der Waals surface area (Å²) >= 11 is 1.54. The molecule has 32 heavy (non-hydrogen) atoms. The Hall–Kier alpha value is -2.82. The fourth-order valence-electron chi connectivity index (χ4n) is 3.82. The molecule has 0 unspecified atom stereocenters. The van der Waals surface area contributed by atoms with Gasteiger partial charge in [-0.1, -0.05) is 12.1 Å². The van der Waals surface area contributed by atoms with E-state index >= 15 is 0 Å². The van der Waals surface area contributed by atoms with E-state index in [4.69, 9.17) is 10.2 Å². The van der Waals surface area contributed by atoms with E-state index in [0.29, 0.717) is 23.8 Å². The maximum atomic E-state index is 12.9. The van der Waals surface area contributed by atoms with E-state index in [1.807, 2.05) is 6.26 Å². The summed E-state index contributed by atoms with van der Waals surface area (Å²) < 4.78 is 32.8. The molecule has 2 aromatic carbocycles. The molecule has 168 valence electrons. The van der Waals surface area contributed by atoms with Crippen molar-refractivity contribution in [3.05, 3.63) is 54.3 Å². The minimum Gasteiger partial charge on any atom is -0.449 e. The smallest absolute Gasteiger partial charge is 0.286 e. The molecule has 0 saturated carbocycles. The first-order valence-electron chi connectivity index (χ1n) is 10.1. The number of fused-ring (bicyclic) bond motifs is 1. The third-order valence-corrected chi connectivity index (χ3v) is 8.25. The van der Waals surface area contributed by atoms with Crippen molar-refractivity contribution in [2.45, 2.75) is 22.6 Å². The lowest BCUT2D eigenvalue weighted by Gasteiger charge is -2.30. The first-order valence-corrected chi connectivity index (χ1v) is 12.7. The fraction of sp³-hybridized carbons (Fsp3) is 0.273. The Morgan fingerprint density at radius 2 is 1.75 bits per heavy atom. The molecule has 2 amide bonds. The second-order valence-corrected chi connectivity index (χ2v) is 10.3. The molecule has 2 heterocycles. The minimum absolute atomic E-state index is 0.103. The topological polar surface area (TPSA) is 123 Å². The number of para-hydroxylation sites is 1. The van der Waals surface area contributed by atoms with Gasteiger partial charge in [0.05, 0.1) is 4.90 Å². The number of anilines is 1. The molecule has 1 aromatic heterocycles. The van der Waals surface area contributed by atoms with Gasteiger partial charge in [-0.15, -0.1) is 11.8 Å². The highest BCUT2D eigenvalue weighted by Crippen LogP contribution is 2.32. The van der Waals surface area contributed by atoms with Crippen LogP contribution in [0.2, 0.25) is 0 Å². The van der Waals surface area contributed by atoms with E-state index < -0.39 is 21.8 Å². The quantitative estimate of drug-likeness (QED) is 0.530. The summed E-state index contributed by atoms with van der Waals surface area (Å²) in [6.07, 6.45) is 2.67. The zero-order valence-corrected chi connectivity index (χ0v) is 19.0. The predicted octanol–water partition coefficient (Wildman–Crippen LogP) is 3.29. The van der Waals surface area contributed by atoms with Crippen molar-refractivity contribution >= 4 is 50.3 Å². The first kappa shape index (κ1) is 22.4. The molecule has 10 heteroatoms. The summed E-state index contributed by atoms with van der Waals surface area (Å²) in [5.41, 5.74) is 6.11. The lowest BCUT2D eigenvalue weighted by molar-refractivity contribution is -0.120. The van der Waals surface area contributed by atoms with E-state index in [1.165, 1.54) is 4.31 Å². The number of amides is 2. The largest absolute Gasteiger partial charge is 0.449 e. The molecule has 1 saturated heterocycles. The molecule has 0 bridgehead atoms. The fourth-order valence-corrected chi connectivity index (χ4v) is 5.70. The number of furan rings is 1. The number of carbonyl (C=O) groups excluding carboxylic acids is 2. The van der Waals surface area contributed by atoms with Crippen molar-refractivity contribution in [2.24, 2.45) is 11.7 Å². The maximum Gasteiger partial charge on any atom is 0.286 e. The number of benzene rings is 2. The number of carbonyl (C=O) groups is 2. The van der Waals surface area contributed by atoms with Crippen LogP contribution < -0.4 is 11.1 Å². The molecule has 3 N–H and O–H groups in total. The van der Waals surface area contributed by atoms with Gasteiger partial charge in [0.15, 0.2) is 0 Å². The van der Waals surface area contributed by atoms with Gasteiger partial charge in [0.25, 0.3) is 5.91 Å². The van der Waals surface area contributed by atoms with E-state index in [1.54, 1.807) is 60.3 Å². The molecule has 0 atom stereocenters. The second-order valence-electron chi connectivity index (χ2n) is 7.51. The molecule has 1 aliphatic rings. The Kier molecular flexibility index (Phi) is 6.27. The minimum atomic E-state index is -3.62. The van der Waals surface area contributed by atoms with Crippen LogP contribution in [0.3, 0.4) is 0 Å². The molecular formula is C22H23N3O5S2. The number of hydrogen-bond donors (Lipinski definition) is 2. The van der Waals surface area contributed by atoms with Crippen LogP contribution in [-0.4, -0.2) is 43.9 Å². The molecule has 0 spiro atoms. The van der Waals surface area contributed by atoms with Crippen LogP contribution in [0.1, 0.15) is 23.4 Å². The van der Waals surface area contributed by atoms with Gasteiger partial charge in [0.1, 0.15) is 11.3 Å². The van der Waals surface area contributed by atoms with Gasteiger partial charge in [0.2, 0.25) is 21.7 Å². The molecular weight excluding hydrogens is 450 g/mol. The van der Waals surface area contributed by atoms with Crippen LogP contribution in [0, 0.1) is 5.92 Å². The van der Waals surface area contributed by atoms with Gasteiger partial charge >= 0.3 is 0 Å². The number of rotatable bonds is 6. The summed E-state index contributed by atoms with van der Waals surface area (Å²) in [4.78, 5) is 25.9. The van der Waals surface area contributed by atoms with Crippen molar-refractivity contribution in [2.75, 3.05) is 24.7 Å². The third-order valence-electron chi connectivity index (χ3n) is 5.59. The number of thioether (sulfide) groups is 1. The summed E-state index contributed by atoms with van der Waals surface area (Å²) in [6.45, 7) is 0.471. The first-order chi connectivity index (χ1) is 15.3. The van der Waals surface area contributed by atoms with Gasteiger partial charge in [-0.3, -0.25) is 9.59 Å². The van der Waals surface area contributed by atoms with E-state index in [9.17, 15) is 18.0 Å². The Labute approximate surface area is 190 Å². The second kappa shape index (κ2) is 8.97. The highest BCUT2D eigenvalue weighted by molar-refractivity contribution is 7.98. The van der Waals surface area contributed by atoms with E-state index in [-0.39, 0.29) is 35.3 Å². The Morgan fingerprint density at radius 1 is 1.09 bits per heavy atom. The van der Waals surface area contributed by atoms with Crippen LogP contribution in [0.15, 0.2) is 62.7 Å². The van der Waals surface area contributed by atoms with Gasteiger partial charge in [-0.2, -0.15) is 4.31 Å². The number of nitrogens with two attached hydrogens (primary N) is 1. The van der Waals surface area contributed by atoms with Crippen LogP contribution >= 0.6 is 11.8 Å². The summed E-state index contributed by atoms with van der Waals surface area (Å²) in [7, 11) is -3.62. The SMILES string of the molecule is CSc1ccc(S(=O)(=O)N2CCC(C(=O)Nc3c(C(N)=O)oc4ccccc34)CC2)cc1. The van der Waals surface area contributed by atoms with Crippen molar-refractivity contribution in [3.63, 3.8) is 0 Å². The molecule has 1 aliphatic heterocycles. The Morgan fingerprint density at radius 3 is 2.38 bits per heavy atom. The number of primary amides is 1. The van der Waals surface area contributed by atoms with Crippen molar-refractivity contribution in [1.82, 2.24) is 4.31 Å². The molecule has 0 aliphatic carbocycles. The van der Waals surface area contributed by atoms with Crippen LogP contribution in [0.4, 0.5) is 5.69 Å². The van der Waals surface area contributed by atoms with Crippen molar-refractivity contribution in [1.29, 1.82) is 0 Å². The highest BCUT2D eigenvalue weighted by atomic mass is 32.2. The zero-order chi connectivity index (χ0) is 22.9. The number of sulfonamides is 1. The average Bonchev–Trinajstić information content (AvgIpc) is 3.18. The van der Waals surface area contributed by atoms with E-state index in [2.05, 4.69) is 5.32 Å². The molecule has 0 radical (unpaired) electrons. The average molecular weight is 474 g/mol. The number of nitrogens with zero attached hydrogens (tertiary/aromatic N) is 1. The van der Waals surface area contributed by atoms with Gasteiger partial charge in [-0.25, -0.2) is 8.42 Å². The molecule has 8 nitrogen and oxygen atoms in total. The van der Waals surface area contributed by atoms with Crippen LogP contribution in [0.5, 0.6) is 0 Å². The number of nitrogens with one attached hydrogen (secondary N) is 1. The lowest BCUT2D eigenvalue weighted by Crippen LogP contribution is -2.41. The standard InChI is InChI=1S/C22H23N3O5S2/c1-31-15-6-8-16(9-7-15)32(28,29)25-12-10-14(11-13-25)22(27)24-19-17-4-2-3-5-18(17)30-20(19)21(23)26/h2-9,14H,10-13H2,1H3,(H2,23,26)(H,24,27). The van der Waals surface area contributed by atoms with Crippen LogP contribution in [-0.2, 0) is 14.8 Å². The summed E-state index contributed by atoms with van der Waals surface area (Å²) in [6, 6.07) is 13.7. The van der Waals surface area contributed by atoms with Gasteiger partial charge in [0, 0.05) is 29.3 Å². The van der Waals surface area contributed by atoms with Gasteiger partial charge in [-0.05, 0) is 55.5 Å². The molecule has 1 fully saturated rings. The van der Waals surface area contributed by atoms with Crippen LogP contribution in [0.25, 0.3) is 11.0 Å². The number of piperidine rings is 1. The Balaban J connectivity index is 1.46. The highest BCUT2D eigenvalue weighted by Gasteiger charge is 2.33. The monoisotopic (exact) mass is 473 g/mol. The lowest BCUT2D eigenvalue weighted by atomic mass is 9.97. The Bertz CT molecular complexity index is 1260.